The Hall–Kier alpha value is -3.68. The summed E-state index contributed by atoms with van der Waals surface area (Å²) in [4.78, 5) is 13.0. The number of phenols is 2. The fourth-order valence-electron chi connectivity index (χ4n) is 3.51. The summed E-state index contributed by atoms with van der Waals surface area (Å²) in [5.74, 6) is -1.33. The summed E-state index contributed by atoms with van der Waals surface area (Å²) in [6, 6.07) is 16.6. The molecule has 0 radical (unpaired) electrons. The molecule has 160 valence electrons. The maximum atomic E-state index is 13.0. The van der Waals surface area contributed by atoms with Gasteiger partial charge in [0.1, 0.15) is 5.75 Å². The van der Waals surface area contributed by atoms with Gasteiger partial charge in [0.2, 0.25) is 5.91 Å². The number of carbonyl (C=O) groups is 1. The molecule has 1 fully saturated rings. The minimum absolute atomic E-state index is 0.183. The quantitative estimate of drug-likeness (QED) is 0.479. The molecule has 0 saturated heterocycles. The van der Waals surface area contributed by atoms with Crippen molar-refractivity contribution < 1.29 is 32.9 Å². The van der Waals surface area contributed by atoms with Gasteiger partial charge in [0.15, 0.2) is 11.5 Å². The third kappa shape index (κ3) is 4.28. The van der Waals surface area contributed by atoms with E-state index in [1.807, 2.05) is 0 Å². The lowest BCUT2D eigenvalue weighted by atomic mass is 9.94. The summed E-state index contributed by atoms with van der Waals surface area (Å²) in [6.07, 6.45) is -3.76. The van der Waals surface area contributed by atoms with Crippen molar-refractivity contribution in [1.82, 2.24) is 0 Å². The van der Waals surface area contributed by atoms with Gasteiger partial charge in [-0.2, -0.15) is 0 Å². The van der Waals surface area contributed by atoms with Crippen LogP contribution in [-0.4, -0.2) is 22.5 Å². The fraction of sp³-hybridized carbons (Fsp3) is 0.174. The van der Waals surface area contributed by atoms with Crippen LogP contribution in [0, 0.1) is 0 Å². The SMILES string of the molecule is O=C(Nc1ccc(OC(F)(F)F)c(-c2ccccc2)c1)C1(c2ccc(O)c(O)c2)CC1. The van der Waals surface area contributed by atoms with Crippen LogP contribution in [0.1, 0.15) is 18.4 Å². The molecule has 3 N–H and O–H groups in total. The molecular weight excluding hydrogens is 411 g/mol. The number of amides is 1. The van der Waals surface area contributed by atoms with Gasteiger partial charge in [-0.25, -0.2) is 0 Å². The monoisotopic (exact) mass is 429 g/mol. The maximum Gasteiger partial charge on any atom is 0.573 e. The van der Waals surface area contributed by atoms with Crippen molar-refractivity contribution in [3.05, 3.63) is 72.3 Å². The molecule has 1 aliphatic carbocycles. The van der Waals surface area contributed by atoms with Gasteiger partial charge >= 0.3 is 6.36 Å². The summed E-state index contributed by atoms with van der Waals surface area (Å²) in [5, 5.41) is 22.0. The number of nitrogens with one attached hydrogen (secondary N) is 1. The van der Waals surface area contributed by atoms with E-state index in [1.165, 1.54) is 24.3 Å². The maximum absolute atomic E-state index is 13.0. The highest BCUT2D eigenvalue weighted by atomic mass is 19.4. The Labute approximate surface area is 175 Å². The number of benzene rings is 3. The molecular formula is C23H18F3NO4. The first-order valence-electron chi connectivity index (χ1n) is 9.47. The van der Waals surface area contributed by atoms with Crippen LogP contribution in [0.5, 0.6) is 17.2 Å². The summed E-state index contributed by atoms with van der Waals surface area (Å²) in [7, 11) is 0. The van der Waals surface area contributed by atoms with E-state index in [4.69, 9.17) is 0 Å². The fourth-order valence-corrected chi connectivity index (χ4v) is 3.51. The van der Waals surface area contributed by atoms with Crippen molar-refractivity contribution in [2.24, 2.45) is 0 Å². The first-order chi connectivity index (χ1) is 14.7. The standard InChI is InChI=1S/C23H18F3NO4/c24-23(25,26)31-20-9-7-16(13-17(20)14-4-2-1-3-5-14)27-21(30)22(10-11-22)15-6-8-18(28)19(29)12-15/h1-9,12-13,28-29H,10-11H2,(H,27,30). The third-order valence-corrected chi connectivity index (χ3v) is 5.26. The summed E-state index contributed by atoms with van der Waals surface area (Å²) >= 11 is 0. The zero-order chi connectivity index (χ0) is 22.2. The van der Waals surface area contributed by atoms with E-state index in [9.17, 15) is 28.2 Å². The van der Waals surface area contributed by atoms with Gasteiger partial charge in [0, 0.05) is 11.3 Å². The second-order valence-electron chi connectivity index (χ2n) is 7.36. The van der Waals surface area contributed by atoms with Crippen molar-refractivity contribution in [2.75, 3.05) is 5.32 Å². The van der Waals surface area contributed by atoms with Gasteiger partial charge < -0.3 is 20.3 Å². The Balaban J connectivity index is 1.64. The van der Waals surface area contributed by atoms with E-state index in [2.05, 4.69) is 10.1 Å². The molecule has 0 aromatic heterocycles. The molecule has 8 heteroatoms. The smallest absolute Gasteiger partial charge is 0.504 e. The van der Waals surface area contributed by atoms with Gasteiger partial charge in [-0.05, 0) is 54.3 Å². The number of alkyl halides is 3. The van der Waals surface area contributed by atoms with Crippen molar-refractivity contribution in [2.45, 2.75) is 24.6 Å². The average molecular weight is 429 g/mol. The highest BCUT2D eigenvalue weighted by Gasteiger charge is 2.51. The number of hydrogen-bond donors (Lipinski definition) is 3. The molecule has 0 unspecified atom stereocenters. The topological polar surface area (TPSA) is 78.8 Å². The number of hydrogen-bond acceptors (Lipinski definition) is 4. The molecule has 1 aliphatic rings. The molecule has 3 aromatic carbocycles. The number of halogens is 3. The Kier molecular flexibility index (Phi) is 5.00. The molecule has 0 bridgehead atoms. The van der Waals surface area contributed by atoms with Crippen LogP contribution in [0.2, 0.25) is 0 Å². The van der Waals surface area contributed by atoms with Crippen LogP contribution < -0.4 is 10.1 Å². The number of ether oxygens (including phenoxy) is 1. The Bertz CT molecular complexity index is 1130. The molecule has 5 nitrogen and oxygen atoms in total. The Morgan fingerprint density at radius 3 is 2.26 bits per heavy atom. The van der Waals surface area contributed by atoms with E-state index in [1.54, 1.807) is 36.4 Å². The average Bonchev–Trinajstić information content (AvgIpc) is 3.53. The second kappa shape index (κ2) is 7.54. The van der Waals surface area contributed by atoms with Crippen LogP contribution >= 0.6 is 0 Å². The van der Waals surface area contributed by atoms with Crippen LogP contribution in [0.25, 0.3) is 11.1 Å². The van der Waals surface area contributed by atoms with Crippen molar-refractivity contribution in [3.8, 4) is 28.4 Å². The minimum atomic E-state index is -4.85. The lowest BCUT2D eigenvalue weighted by Gasteiger charge is -2.18. The van der Waals surface area contributed by atoms with Crippen molar-refractivity contribution in [1.29, 1.82) is 0 Å². The molecule has 1 saturated carbocycles. The predicted octanol–water partition coefficient (Wildman–Crippen LogP) is 5.33. The first-order valence-corrected chi connectivity index (χ1v) is 9.47. The molecule has 0 aliphatic heterocycles. The second-order valence-corrected chi connectivity index (χ2v) is 7.36. The van der Waals surface area contributed by atoms with Crippen LogP contribution in [0.3, 0.4) is 0 Å². The minimum Gasteiger partial charge on any atom is -0.504 e. The number of aromatic hydroxyl groups is 2. The summed E-state index contributed by atoms with van der Waals surface area (Å²) in [5.41, 5.74) is 0.692. The summed E-state index contributed by atoms with van der Waals surface area (Å²) in [6.45, 7) is 0. The van der Waals surface area contributed by atoms with Crippen LogP contribution in [0.4, 0.5) is 18.9 Å². The predicted molar refractivity (Wildman–Crippen MR) is 108 cm³/mol. The van der Waals surface area contributed by atoms with E-state index in [0.29, 0.717) is 29.7 Å². The normalized spacial score (nSPS) is 14.7. The van der Waals surface area contributed by atoms with Crippen LogP contribution in [-0.2, 0) is 10.2 Å². The van der Waals surface area contributed by atoms with E-state index < -0.39 is 11.8 Å². The first kappa shape index (κ1) is 20.6. The zero-order valence-electron chi connectivity index (χ0n) is 16.1. The zero-order valence-corrected chi connectivity index (χ0v) is 16.1. The number of carbonyl (C=O) groups excluding carboxylic acids is 1. The summed E-state index contributed by atoms with van der Waals surface area (Å²) < 4.78 is 42.6. The number of phenolic OH excluding ortho intramolecular Hbond substituents is 2. The highest BCUT2D eigenvalue weighted by molar-refractivity contribution is 6.02. The molecule has 31 heavy (non-hydrogen) atoms. The largest absolute Gasteiger partial charge is 0.573 e. The molecule has 0 atom stereocenters. The molecule has 3 aromatic rings. The Morgan fingerprint density at radius 2 is 1.65 bits per heavy atom. The van der Waals surface area contributed by atoms with E-state index in [-0.39, 0.29) is 28.7 Å². The van der Waals surface area contributed by atoms with Gasteiger partial charge in [0.25, 0.3) is 0 Å². The van der Waals surface area contributed by atoms with Gasteiger partial charge in [-0.1, -0.05) is 36.4 Å². The highest BCUT2D eigenvalue weighted by Crippen LogP contribution is 2.50. The lowest BCUT2D eigenvalue weighted by molar-refractivity contribution is -0.274. The lowest BCUT2D eigenvalue weighted by Crippen LogP contribution is -2.27. The third-order valence-electron chi connectivity index (χ3n) is 5.26. The van der Waals surface area contributed by atoms with E-state index >= 15 is 0 Å². The molecule has 1 amide bonds. The molecule has 4 rings (SSSR count). The van der Waals surface area contributed by atoms with Crippen LogP contribution in [0.15, 0.2) is 66.7 Å². The van der Waals surface area contributed by atoms with Gasteiger partial charge in [-0.3, -0.25) is 4.79 Å². The van der Waals surface area contributed by atoms with Crippen molar-refractivity contribution in [3.63, 3.8) is 0 Å². The molecule has 0 heterocycles. The van der Waals surface area contributed by atoms with Crippen molar-refractivity contribution >= 4 is 11.6 Å². The number of rotatable bonds is 5. The molecule has 0 spiro atoms. The van der Waals surface area contributed by atoms with E-state index in [0.717, 1.165) is 6.07 Å². The Morgan fingerprint density at radius 1 is 0.935 bits per heavy atom. The van der Waals surface area contributed by atoms with Gasteiger partial charge in [0.05, 0.1) is 5.41 Å². The van der Waals surface area contributed by atoms with Gasteiger partial charge in [-0.15, -0.1) is 13.2 Å². The number of anilines is 1.